The van der Waals surface area contributed by atoms with E-state index in [2.05, 4.69) is 11.3 Å². The molecule has 0 spiro atoms. The monoisotopic (exact) mass is 224 g/mol. The Kier molecular flexibility index (Phi) is 3.68. The van der Waals surface area contributed by atoms with Crippen molar-refractivity contribution in [2.24, 2.45) is 5.41 Å². The number of alkyl halides is 3. The van der Waals surface area contributed by atoms with Gasteiger partial charge in [0.2, 0.25) is 0 Å². The predicted octanol–water partition coefficient (Wildman–Crippen LogP) is 2.22. The number of carbonyl (C=O) groups excluding carboxylic acids is 2. The standard InChI is InChI=1S/C9H11F3O3/c1-5(8(2,3)4)6(13)15-7(14)9(10,11)12/h1H2,2-4H3. The van der Waals surface area contributed by atoms with Crippen molar-refractivity contribution in [2.75, 3.05) is 0 Å². The molecule has 0 N–H and O–H groups in total. The Bertz CT molecular complexity index is 297. The van der Waals surface area contributed by atoms with Crippen LogP contribution in [0.25, 0.3) is 0 Å². The zero-order chi connectivity index (χ0) is 12.4. The van der Waals surface area contributed by atoms with Gasteiger partial charge in [-0.1, -0.05) is 27.4 Å². The summed E-state index contributed by atoms with van der Waals surface area (Å²) in [4.78, 5) is 21.3. The summed E-state index contributed by atoms with van der Waals surface area (Å²) in [5.41, 5.74) is -0.941. The van der Waals surface area contributed by atoms with E-state index in [1.165, 1.54) is 0 Å². The van der Waals surface area contributed by atoms with Gasteiger partial charge >= 0.3 is 18.1 Å². The van der Waals surface area contributed by atoms with Crippen LogP contribution in [0.1, 0.15) is 20.8 Å². The van der Waals surface area contributed by atoms with Gasteiger partial charge in [0.25, 0.3) is 0 Å². The number of ether oxygens (including phenoxy) is 1. The number of esters is 2. The number of halogens is 3. The molecule has 0 aromatic rings. The summed E-state index contributed by atoms with van der Waals surface area (Å²) in [5.74, 6) is -3.89. The van der Waals surface area contributed by atoms with Crippen molar-refractivity contribution in [1.82, 2.24) is 0 Å². The van der Waals surface area contributed by atoms with Gasteiger partial charge in [-0.05, 0) is 5.41 Å². The molecule has 0 aromatic carbocycles. The smallest absolute Gasteiger partial charge is 0.383 e. The van der Waals surface area contributed by atoms with E-state index in [1.54, 1.807) is 20.8 Å². The Morgan fingerprint density at radius 1 is 1.13 bits per heavy atom. The van der Waals surface area contributed by atoms with Gasteiger partial charge in [-0.2, -0.15) is 13.2 Å². The molecule has 0 amide bonds. The van der Waals surface area contributed by atoms with Crippen LogP contribution in [0.4, 0.5) is 13.2 Å². The van der Waals surface area contributed by atoms with Crippen LogP contribution in [-0.4, -0.2) is 18.1 Å². The summed E-state index contributed by atoms with van der Waals surface area (Å²) in [7, 11) is 0. The molecule has 0 unspecified atom stereocenters. The Labute approximate surface area is 84.9 Å². The quantitative estimate of drug-likeness (QED) is 0.389. The van der Waals surface area contributed by atoms with Crippen molar-refractivity contribution in [3.63, 3.8) is 0 Å². The van der Waals surface area contributed by atoms with Crippen molar-refractivity contribution >= 4 is 11.9 Å². The molecule has 0 saturated carbocycles. The zero-order valence-electron chi connectivity index (χ0n) is 8.57. The lowest BCUT2D eigenvalue weighted by Crippen LogP contribution is -2.30. The van der Waals surface area contributed by atoms with Gasteiger partial charge in [-0.25, -0.2) is 9.59 Å². The molecule has 0 aliphatic heterocycles. The highest BCUT2D eigenvalue weighted by atomic mass is 19.4. The molecule has 3 nitrogen and oxygen atoms in total. The lowest BCUT2D eigenvalue weighted by molar-refractivity contribution is -0.200. The van der Waals surface area contributed by atoms with E-state index in [1.807, 2.05) is 0 Å². The molecule has 0 aliphatic carbocycles. The highest BCUT2D eigenvalue weighted by Gasteiger charge is 2.43. The summed E-state index contributed by atoms with van der Waals surface area (Å²) in [6.45, 7) is 7.96. The largest absolute Gasteiger partial charge is 0.491 e. The van der Waals surface area contributed by atoms with E-state index in [4.69, 9.17) is 0 Å². The topological polar surface area (TPSA) is 43.4 Å². The molecule has 0 aliphatic rings. The Hall–Kier alpha value is -1.33. The average Bonchev–Trinajstić information content (AvgIpc) is 1.99. The average molecular weight is 224 g/mol. The molecule has 6 heteroatoms. The van der Waals surface area contributed by atoms with Crippen molar-refractivity contribution < 1.29 is 27.5 Å². The van der Waals surface area contributed by atoms with Crippen molar-refractivity contribution in [3.8, 4) is 0 Å². The van der Waals surface area contributed by atoms with Crippen molar-refractivity contribution in [3.05, 3.63) is 12.2 Å². The highest BCUT2D eigenvalue weighted by Crippen LogP contribution is 2.25. The molecular weight excluding hydrogens is 213 g/mol. The molecule has 0 fully saturated rings. The molecule has 0 bridgehead atoms. The SMILES string of the molecule is C=C(C(=O)OC(=O)C(F)(F)F)C(C)(C)C. The third-order valence-electron chi connectivity index (χ3n) is 1.57. The van der Waals surface area contributed by atoms with Crippen LogP contribution >= 0.6 is 0 Å². The van der Waals surface area contributed by atoms with E-state index >= 15 is 0 Å². The second-order valence-electron chi connectivity index (χ2n) is 3.90. The maximum Gasteiger partial charge on any atom is 0.491 e. The van der Waals surface area contributed by atoms with Crippen LogP contribution in [0.3, 0.4) is 0 Å². The molecule has 86 valence electrons. The molecule has 0 radical (unpaired) electrons. The summed E-state index contributed by atoms with van der Waals surface area (Å²) in [6, 6.07) is 0. The van der Waals surface area contributed by atoms with Crippen LogP contribution in [0.15, 0.2) is 12.2 Å². The lowest BCUT2D eigenvalue weighted by atomic mass is 9.88. The highest BCUT2D eigenvalue weighted by molar-refractivity contribution is 5.97. The van der Waals surface area contributed by atoms with Crippen LogP contribution in [0.2, 0.25) is 0 Å². The molecule has 15 heavy (non-hydrogen) atoms. The Balaban J connectivity index is 4.54. The number of rotatable bonds is 1. The van der Waals surface area contributed by atoms with Gasteiger partial charge in [-0.15, -0.1) is 0 Å². The number of hydrogen-bond acceptors (Lipinski definition) is 3. The second-order valence-corrected chi connectivity index (χ2v) is 3.90. The van der Waals surface area contributed by atoms with E-state index < -0.39 is 23.5 Å². The van der Waals surface area contributed by atoms with Gasteiger partial charge in [0.1, 0.15) is 0 Å². The van der Waals surface area contributed by atoms with E-state index in [-0.39, 0.29) is 5.57 Å². The molecule has 0 aromatic heterocycles. The predicted molar refractivity (Wildman–Crippen MR) is 45.7 cm³/mol. The fourth-order valence-electron chi connectivity index (χ4n) is 0.510. The van der Waals surface area contributed by atoms with Crippen LogP contribution < -0.4 is 0 Å². The number of carbonyl (C=O) groups is 2. The molecular formula is C9H11F3O3. The lowest BCUT2D eigenvalue weighted by Gasteiger charge is -2.19. The van der Waals surface area contributed by atoms with Gasteiger partial charge < -0.3 is 4.74 Å². The summed E-state index contributed by atoms with van der Waals surface area (Å²) < 4.78 is 38.7. The summed E-state index contributed by atoms with van der Waals surface area (Å²) in [5, 5.41) is 0. The Morgan fingerprint density at radius 3 is 1.80 bits per heavy atom. The summed E-state index contributed by atoms with van der Waals surface area (Å²) in [6.07, 6.45) is -5.17. The van der Waals surface area contributed by atoms with Gasteiger partial charge in [0, 0.05) is 5.57 Å². The first-order valence-corrected chi connectivity index (χ1v) is 3.99. The minimum Gasteiger partial charge on any atom is -0.383 e. The Morgan fingerprint density at radius 2 is 1.53 bits per heavy atom. The third-order valence-corrected chi connectivity index (χ3v) is 1.57. The van der Waals surface area contributed by atoms with Crippen LogP contribution in [0, 0.1) is 5.41 Å². The van der Waals surface area contributed by atoms with E-state index in [0.717, 1.165) is 0 Å². The number of hydrogen-bond donors (Lipinski definition) is 0. The molecule has 0 heterocycles. The van der Waals surface area contributed by atoms with Gasteiger partial charge in [-0.3, -0.25) is 0 Å². The maximum atomic E-state index is 11.7. The van der Waals surface area contributed by atoms with Gasteiger partial charge in [0.15, 0.2) is 0 Å². The minimum atomic E-state index is -5.17. The minimum absolute atomic E-state index is 0.194. The maximum absolute atomic E-state index is 11.7. The third kappa shape index (κ3) is 4.14. The summed E-state index contributed by atoms with van der Waals surface area (Å²) >= 11 is 0. The molecule has 0 saturated heterocycles. The zero-order valence-corrected chi connectivity index (χ0v) is 8.57. The molecule has 0 atom stereocenters. The van der Waals surface area contributed by atoms with Gasteiger partial charge in [0.05, 0.1) is 0 Å². The second kappa shape index (κ2) is 4.04. The van der Waals surface area contributed by atoms with Crippen LogP contribution in [0.5, 0.6) is 0 Å². The normalized spacial score (nSPS) is 12.1. The van der Waals surface area contributed by atoms with Crippen LogP contribution in [-0.2, 0) is 14.3 Å². The molecule has 0 rings (SSSR count). The fraction of sp³-hybridized carbons (Fsp3) is 0.556. The van der Waals surface area contributed by atoms with Crippen molar-refractivity contribution in [1.29, 1.82) is 0 Å². The van der Waals surface area contributed by atoms with E-state index in [9.17, 15) is 22.8 Å². The first-order valence-electron chi connectivity index (χ1n) is 3.99. The first-order chi connectivity index (χ1) is 6.46. The first kappa shape index (κ1) is 13.7. The fourth-order valence-corrected chi connectivity index (χ4v) is 0.510. The van der Waals surface area contributed by atoms with E-state index in [0.29, 0.717) is 0 Å². The van der Waals surface area contributed by atoms with Crippen molar-refractivity contribution in [2.45, 2.75) is 26.9 Å².